The molecule has 0 fully saturated rings. The largest absolute Gasteiger partial charge is 0.114 e. The van der Waals surface area contributed by atoms with E-state index in [-0.39, 0.29) is 0 Å². The topological polar surface area (TPSA) is 0 Å². The van der Waals surface area contributed by atoms with E-state index < -0.39 is 0 Å². The van der Waals surface area contributed by atoms with Gasteiger partial charge in [0.1, 0.15) is 23.5 Å². The molecule has 0 atom stereocenters. The molecule has 0 aliphatic rings. The highest BCUT2D eigenvalue weighted by Gasteiger charge is 2.01. The van der Waals surface area contributed by atoms with Crippen LogP contribution < -0.4 is 16.4 Å². The van der Waals surface area contributed by atoms with Gasteiger partial charge in [-0.2, -0.15) is 0 Å². The Hall–Kier alpha value is -3.37. The van der Waals surface area contributed by atoms with Gasteiger partial charge in [-0.1, -0.05) is 111 Å². The van der Waals surface area contributed by atoms with Crippen LogP contribution in [0.5, 0.6) is 0 Å². The molecule has 0 spiro atoms. The summed E-state index contributed by atoms with van der Waals surface area (Å²) in [6.45, 7) is 8.07. The molecule has 0 aliphatic carbocycles. The Bertz CT molecular complexity index is 1270. The number of hydrogen-bond acceptors (Lipinski definition) is 0. The van der Waals surface area contributed by atoms with E-state index >= 15 is 0 Å². The molecule has 3 heteroatoms. The fraction of sp³-hybridized carbons (Fsp3) is 0.133. The Morgan fingerprint density at radius 1 is 0.455 bits per heavy atom. The summed E-state index contributed by atoms with van der Waals surface area (Å²) in [6.07, 6.45) is 0. The quantitative estimate of drug-likeness (QED) is 0.324. The summed E-state index contributed by atoms with van der Waals surface area (Å²) in [4.78, 5) is 0. The molecule has 0 nitrogen and oxygen atoms in total. The van der Waals surface area contributed by atoms with Crippen molar-refractivity contribution in [3.05, 3.63) is 112 Å². The van der Waals surface area contributed by atoms with Crippen LogP contribution in [0.4, 0.5) is 0 Å². The summed E-state index contributed by atoms with van der Waals surface area (Å²) in [6, 6.07) is 26.2. The van der Waals surface area contributed by atoms with Crippen molar-refractivity contribution in [2.75, 3.05) is 0 Å². The summed E-state index contributed by atoms with van der Waals surface area (Å²) in [7, 11) is 17.6. The zero-order chi connectivity index (χ0) is 24.0. The summed E-state index contributed by atoms with van der Waals surface area (Å²) in [5, 5.41) is 0. The SMILES string of the molecule is [B]c1cc(-c2ccc(C)c([B])c2)ccc1C.[B]c1cc(C#Cc2ccc(C)cc2)ccc1C. The minimum Gasteiger partial charge on any atom is -0.0932 e. The number of rotatable bonds is 1. The first-order valence-corrected chi connectivity index (χ1v) is 10.9. The van der Waals surface area contributed by atoms with Crippen LogP contribution in [0.2, 0.25) is 0 Å². The van der Waals surface area contributed by atoms with E-state index in [0.717, 1.165) is 55.3 Å². The Labute approximate surface area is 202 Å². The molecule has 0 heterocycles. The molecular weight excluding hydrogens is 393 g/mol. The normalized spacial score (nSPS) is 9.94. The molecule has 0 unspecified atom stereocenters. The average Bonchev–Trinajstić information content (AvgIpc) is 2.80. The van der Waals surface area contributed by atoms with Crippen molar-refractivity contribution in [1.82, 2.24) is 0 Å². The van der Waals surface area contributed by atoms with E-state index in [1.165, 1.54) is 5.56 Å². The fourth-order valence-corrected chi connectivity index (χ4v) is 3.14. The summed E-state index contributed by atoms with van der Waals surface area (Å²) in [5.74, 6) is 6.25. The van der Waals surface area contributed by atoms with Crippen LogP contribution in [0.1, 0.15) is 33.4 Å². The van der Waals surface area contributed by atoms with Crippen molar-refractivity contribution in [2.24, 2.45) is 0 Å². The Kier molecular flexibility index (Phi) is 8.08. The molecule has 33 heavy (non-hydrogen) atoms. The molecule has 4 aromatic carbocycles. The molecule has 0 amide bonds. The number of hydrogen-bond donors (Lipinski definition) is 0. The molecule has 0 aromatic heterocycles. The van der Waals surface area contributed by atoms with Crippen LogP contribution in [0, 0.1) is 39.5 Å². The van der Waals surface area contributed by atoms with Gasteiger partial charge < -0.3 is 0 Å². The van der Waals surface area contributed by atoms with Crippen LogP contribution >= 0.6 is 0 Å². The summed E-state index contributed by atoms with van der Waals surface area (Å²) < 4.78 is 0. The smallest absolute Gasteiger partial charge is 0.0932 e. The standard InChI is InChI=1S/C16H13B.C14H12B2/c1-12-3-6-14(7-4-12)9-10-15-8-5-13(2)16(17)11-15;1-9-3-5-11(7-13(9)15)12-6-4-10(2)14(16)8-12/h3-8,11H,1-2H3;3-8H,1-2H3. The highest BCUT2D eigenvalue weighted by Crippen LogP contribution is 2.18. The minimum atomic E-state index is 0.792. The maximum atomic E-state index is 5.89. The maximum Gasteiger partial charge on any atom is 0.114 e. The van der Waals surface area contributed by atoms with Crippen LogP contribution in [-0.2, 0) is 0 Å². The monoisotopic (exact) mass is 418 g/mol. The minimum absolute atomic E-state index is 0.792. The van der Waals surface area contributed by atoms with Gasteiger partial charge in [-0.3, -0.25) is 0 Å². The lowest BCUT2D eigenvalue weighted by Crippen LogP contribution is -2.09. The lowest BCUT2D eigenvalue weighted by atomic mass is 9.85. The summed E-state index contributed by atoms with van der Waals surface area (Å²) >= 11 is 0. The number of benzene rings is 4. The molecule has 4 aromatic rings. The molecular formula is C30H25B3. The first kappa shape index (κ1) is 24.3. The highest BCUT2D eigenvalue weighted by atomic mass is 14.0. The molecule has 0 bridgehead atoms. The Balaban J connectivity index is 0.000000186. The molecule has 0 saturated heterocycles. The van der Waals surface area contributed by atoms with Crippen LogP contribution in [-0.4, -0.2) is 23.5 Å². The predicted octanol–water partition coefficient (Wildman–Crippen LogP) is 4.06. The van der Waals surface area contributed by atoms with Crippen molar-refractivity contribution in [3.8, 4) is 23.0 Å². The van der Waals surface area contributed by atoms with Crippen LogP contribution in [0.15, 0.2) is 78.9 Å². The molecule has 6 radical (unpaired) electrons. The van der Waals surface area contributed by atoms with Crippen molar-refractivity contribution < 1.29 is 0 Å². The van der Waals surface area contributed by atoms with E-state index in [1.54, 1.807) is 0 Å². The van der Waals surface area contributed by atoms with Crippen molar-refractivity contribution >= 4 is 39.9 Å². The molecule has 0 saturated carbocycles. The van der Waals surface area contributed by atoms with Crippen molar-refractivity contribution in [2.45, 2.75) is 27.7 Å². The van der Waals surface area contributed by atoms with Crippen LogP contribution in [0.3, 0.4) is 0 Å². The van der Waals surface area contributed by atoms with E-state index in [9.17, 15) is 0 Å². The van der Waals surface area contributed by atoms with Gasteiger partial charge in [0, 0.05) is 11.1 Å². The molecule has 0 N–H and O–H groups in total. The Morgan fingerprint density at radius 3 is 1.30 bits per heavy atom. The second kappa shape index (κ2) is 11.0. The average molecular weight is 418 g/mol. The lowest BCUT2D eigenvalue weighted by molar-refractivity contribution is 1.46. The Morgan fingerprint density at radius 2 is 0.848 bits per heavy atom. The van der Waals surface area contributed by atoms with Gasteiger partial charge in [0.25, 0.3) is 0 Å². The predicted molar refractivity (Wildman–Crippen MR) is 146 cm³/mol. The van der Waals surface area contributed by atoms with E-state index in [0.29, 0.717) is 0 Å². The summed E-state index contributed by atoms with van der Waals surface area (Å²) in [5.41, 5.74) is 11.1. The highest BCUT2D eigenvalue weighted by molar-refractivity contribution is 6.34. The van der Waals surface area contributed by atoms with Crippen LogP contribution in [0.25, 0.3) is 11.1 Å². The van der Waals surface area contributed by atoms with E-state index in [2.05, 4.69) is 43.0 Å². The van der Waals surface area contributed by atoms with Gasteiger partial charge >= 0.3 is 0 Å². The lowest BCUT2D eigenvalue weighted by Gasteiger charge is -2.08. The van der Waals surface area contributed by atoms with Gasteiger partial charge in [-0.25, -0.2) is 0 Å². The van der Waals surface area contributed by atoms with Crippen molar-refractivity contribution in [1.29, 1.82) is 0 Å². The van der Waals surface area contributed by atoms with Gasteiger partial charge in [0.05, 0.1) is 0 Å². The van der Waals surface area contributed by atoms with Gasteiger partial charge in [0.2, 0.25) is 0 Å². The second-order valence-corrected chi connectivity index (χ2v) is 8.33. The maximum absolute atomic E-state index is 5.89. The number of aryl methyl sites for hydroxylation is 4. The first-order chi connectivity index (χ1) is 15.7. The van der Waals surface area contributed by atoms with Gasteiger partial charge in [0.15, 0.2) is 0 Å². The first-order valence-electron chi connectivity index (χ1n) is 10.9. The molecule has 0 aliphatic heterocycles. The van der Waals surface area contributed by atoms with Gasteiger partial charge in [-0.15, -0.1) is 0 Å². The third kappa shape index (κ3) is 6.81. The van der Waals surface area contributed by atoms with E-state index in [4.69, 9.17) is 23.5 Å². The second-order valence-electron chi connectivity index (χ2n) is 8.33. The van der Waals surface area contributed by atoms with Gasteiger partial charge in [-0.05, 0) is 57.0 Å². The zero-order valence-electron chi connectivity index (χ0n) is 19.7. The third-order valence-electron chi connectivity index (χ3n) is 5.57. The fourth-order valence-electron chi connectivity index (χ4n) is 3.14. The molecule has 154 valence electrons. The van der Waals surface area contributed by atoms with Crippen molar-refractivity contribution in [3.63, 3.8) is 0 Å². The zero-order valence-corrected chi connectivity index (χ0v) is 19.7. The third-order valence-corrected chi connectivity index (χ3v) is 5.57. The van der Waals surface area contributed by atoms with E-state index in [1.807, 2.05) is 75.4 Å². The molecule has 4 rings (SSSR count).